The Hall–Kier alpha value is -2.82. The molecule has 1 rings (SSSR count). The van der Waals surface area contributed by atoms with Crippen molar-refractivity contribution in [2.24, 2.45) is 0 Å². The topological polar surface area (TPSA) is 177 Å². The van der Waals surface area contributed by atoms with Crippen LogP contribution in [-0.2, 0) is 33.4 Å². The van der Waals surface area contributed by atoms with Crippen LogP contribution in [0.15, 0.2) is 11.5 Å². The van der Waals surface area contributed by atoms with Gasteiger partial charge in [0.2, 0.25) is 11.9 Å². The Labute approximate surface area is 217 Å². The fourth-order valence-corrected chi connectivity index (χ4v) is 3.91. The molecule has 1 aliphatic rings. The van der Waals surface area contributed by atoms with Crippen molar-refractivity contribution in [3.05, 3.63) is 11.5 Å². The van der Waals surface area contributed by atoms with E-state index in [1.165, 1.54) is 51.4 Å². The molecule has 0 saturated carbocycles. The highest BCUT2D eigenvalue weighted by Gasteiger charge is 2.40. The molecule has 0 unspecified atom stereocenters. The molecule has 0 radical (unpaired) electrons. The van der Waals surface area contributed by atoms with Crippen LogP contribution < -0.4 is 0 Å². The van der Waals surface area contributed by atoms with Gasteiger partial charge in [-0.1, -0.05) is 84.0 Å². The average molecular weight is 531 g/mol. The highest BCUT2D eigenvalue weighted by molar-refractivity contribution is 5.89. The molecule has 0 bridgehead atoms. The van der Waals surface area contributed by atoms with Crippen LogP contribution in [0.4, 0.5) is 0 Å². The average Bonchev–Trinajstić information content (AvgIpc) is 3.11. The number of cyclic esters (lactones) is 1. The Kier molecular flexibility index (Phi) is 16.0. The molecule has 1 heterocycles. The van der Waals surface area contributed by atoms with E-state index < -0.39 is 66.7 Å². The van der Waals surface area contributed by atoms with Crippen LogP contribution in [0.3, 0.4) is 0 Å². The van der Waals surface area contributed by atoms with Gasteiger partial charge in [0.15, 0.2) is 11.9 Å². The Morgan fingerprint density at radius 2 is 1.41 bits per heavy atom. The van der Waals surface area contributed by atoms with Gasteiger partial charge in [-0.25, -0.2) is 9.59 Å². The number of aliphatic hydroxyl groups excluding tert-OH is 3. The molecule has 0 amide bonds. The molecule has 3 atom stereocenters. The molecule has 1 aliphatic heterocycles. The second kappa shape index (κ2) is 18.4. The number of carbonyl (C=O) groups is 4. The lowest BCUT2D eigenvalue weighted by molar-refractivity contribution is -0.174. The van der Waals surface area contributed by atoms with Gasteiger partial charge in [0.1, 0.15) is 12.7 Å². The summed E-state index contributed by atoms with van der Waals surface area (Å²) in [6.07, 6.45) is 8.97. The maximum Gasteiger partial charge on any atom is 0.377 e. The first kappa shape index (κ1) is 32.2. The Balaban J connectivity index is 2.24. The maximum absolute atomic E-state index is 12.2. The van der Waals surface area contributed by atoms with Gasteiger partial charge in [0.25, 0.3) is 0 Å². The number of aliphatic hydroxyl groups is 3. The van der Waals surface area contributed by atoms with E-state index in [1.54, 1.807) is 0 Å². The van der Waals surface area contributed by atoms with Crippen molar-refractivity contribution in [2.45, 2.75) is 122 Å². The van der Waals surface area contributed by atoms with Gasteiger partial charge in [0, 0.05) is 6.42 Å². The smallest absolute Gasteiger partial charge is 0.377 e. The van der Waals surface area contributed by atoms with E-state index >= 15 is 0 Å². The lowest BCUT2D eigenvalue weighted by atomic mass is 10.0. The van der Waals surface area contributed by atoms with E-state index in [1.807, 2.05) is 0 Å². The molecule has 11 nitrogen and oxygen atoms in total. The summed E-state index contributed by atoms with van der Waals surface area (Å²) in [6, 6.07) is 0. The second-order valence-electron chi connectivity index (χ2n) is 9.33. The van der Waals surface area contributed by atoms with Gasteiger partial charge in [-0.3, -0.25) is 9.59 Å². The summed E-state index contributed by atoms with van der Waals surface area (Å²) in [6.45, 7) is 1.41. The van der Waals surface area contributed by atoms with Gasteiger partial charge in [-0.2, -0.15) is 0 Å². The fraction of sp³-hybridized carbons (Fsp3) is 0.769. The van der Waals surface area contributed by atoms with Crippen LogP contribution in [0.1, 0.15) is 103 Å². The highest BCUT2D eigenvalue weighted by Crippen LogP contribution is 2.22. The summed E-state index contributed by atoms with van der Waals surface area (Å²) in [5.74, 6) is -6.58. The number of unbranched alkanes of at least 4 members (excludes halogenated alkanes) is 12. The fourth-order valence-electron chi connectivity index (χ4n) is 3.91. The van der Waals surface area contributed by atoms with Gasteiger partial charge in [-0.15, -0.1) is 0 Å². The van der Waals surface area contributed by atoms with Crippen molar-refractivity contribution in [3.8, 4) is 0 Å². The summed E-state index contributed by atoms with van der Waals surface area (Å²) < 4.78 is 14.3. The largest absolute Gasteiger partial charge is 0.505 e. The molecule has 0 saturated heterocycles. The zero-order valence-corrected chi connectivity index (χ0v) is 21.7. The molecule has 37 heavy (non-hydrogen) atoms. The number of hydrogen-bond donors (Lipinski definition) is 4. The Morgan fingerprint density at radius 3 is 1.86 bits per heavy atom. The number of hydrogen-bond acceptors (Lipinski definition) is 10. The molecule has 0 aromatic rings. The number of carbonyl (C=O) groups excluding carboxylic acids is 3. The lowest BCUT2D eigenvalue weighted by Gasteiger charge is -2.19. The molecule has 0 aromatic carbocycles. The van der Waals surface area contributed by atoms with Crippen molar-refractivity contribution in [3.63, 3.8) is 0 Å². The Morgan fingerprint density at radius 1 is 0.892 bits per heavy atom. The summed E-state index contributed by atoms with van der Waals surface area (Å²) >= 11 is 0. The van der Waals surface area contributed by atoms with Gasteiger partial charge in [0.05, 0.1) is 6.42 Å². The third-order valence-electron chi connectivity index (χ3n) is 6.07. The second-order valence-corrected chi connectivity index (χ2v) is 9.33. The number of rotatable bonds is 21. The van der Waals surface area contributed by atoms with E-state index in [-0.39, 0.29) is 6.42 Å². The van der Waals surface area contributed by atoms with Crippen molar-refractivity contribution in [1.29, 1.82) is 0 Å². The molecule has 0 spiro atoms. The first-order valence-electron chi connectivity index (χ1n) is 13.3. The molecule has 0 fully saturated rings. The van der Waals surface area contributed by atoms with Crippen molar-refractivity contribution >= 4 is 23.9 Å². The number of carboxylic acids is 1. The lowest BCUT2D eigenvalue weighted by Crippen LogP contribution is -2.37. The number of carboxylic acid groups (broad SMARTS) is 1. The van der Waals surface area contributed by atoms with E-state index in [0.717, 1.165) is 25.7 Å². The highest BCUT2D eigenvalue weighted by atomic mass is 16.6. The summed E-state index contributed by atoms with van der Waals surface area (Å²) in [7, 11) is 0. The van der Waals surface area contributed by atoms with Crippen LogP contribution in [0.2, 0.25) is 0 Å². The quantitative estimate of drug-likeness (QED) is 0.0957. The van der Waals surface area contributed by atoms with Crippen molar-refractivity contribution in [2.75, 3.05) is 6.61 Å². The van der Waals surface area contributed by atoms with Crippen molar-refractivity contribution in [1.82, 2.24) is 0 Å². The number of aliphatic carboxylic acids is 1. The Bertz CT molecular complexity index is 762. The third-order valence-corrected chi connectivity index (χ3v) is 6.07. The minimum Gasteiger partial charge on any atom is -0.505 e. The van der Waals surface area contributed by atoms with Crippen molar-refractivity contribution < 1.29 is 53.8 Å². The zero-order chi connectivity index (χ0) is 27.6. The molecule has 0 aromatic heterocycles. The van der Waals surface area contributed by atoms with Crippen LogP contribution in [0, 0.1) is 0 Å². The van der Waals surface area contributed by atoms with Gasteiger partial charge in [-0.05, 0) is 6.42 Å². The van der Waals surface area contributed by atoms with Crippen LogP contribution >= 0.6 is 0 Å². The zero-order valence-electron chi connectivity index (χ0n) is 21.7. The third kappa shape index (κ3) is 13.3. The standard InChI is InChI=1S/C26H42O11/c1-2-3-4-5-6-7-8-9-10-11-12-13-14-15-21(30)36-19(16-20(28)29)25(33)35-17-18(27)24-22(31)23(32)26(34)37-24/h18-19,24,27,31-32H,2-17H2,1H3,(H,28,29)/t18-,19-,24+/m0/s1. The minimum atomic E-state index is -1.73. The van der Waals surface area contributed by atoms with E-state index in [2.05, 4.69) is 11.7 Å². The van der Waals surface area contributed by atoms with E-state index in [9.17, 15) is 34.5 Å². The van der Waals surface area contributed by atoms with Gasteiger partial charge < -0.3 is 34.6 Å². The maximum atomic E-state index is 12.2. The predicted octanol–water partition coefficient (Wildman–Crippen LogP) is 4.01. The molecular weight excluding hydrogens is 488 g/mol. The first-order chi connectivity index (χ1) is 17.7. The van der Waals surface area contributed by atoms with Crippen LogP contribution in [-0.4, -0.2) is 69.2 Å². The number of esters is 3. The molecule has 4 N–H and O–H groups in total. The van der Waals surface area contributed by atoms with Crippen LogP contribution in [0.25, 0.3) is 0 Å². The first-order valence-corrected chi connectivity index (χ1v) is 13.3. The van der Waals surface area contributed by atoms with Gasteiger partial charge >= 0.3 is 23.9 Å². The molecule has 212 valence electrons. The van der Waals surface area contributed by atoms with E-state index in [4.69, 9.17) is 14.6 Å². The number of ether oxygens (including phenoxy) is 3. The molecule has 0 aliphatic carbocycles. The molecular formula is C26H42O11. The monoisotopic (exact) mass is 530 g/mol. The normalized spacial score (nSPS) is 16.8. The van der Waals surface area contributed by atoms with E-state index in [0.29, 0.717) is 6.42 Å². The predicted molar refractivity (Wildman–Crippen MR) is 132 cm³/mol. The SMILES string of the molecule is CCCCCCCCCCCCCCCC(=O)O[C@@H](CC(=O)O)C(=O)OC[C@H](O)[C@H]1OC(=O)C(O)=C1O. The molecule has 11 heteroatoms. The van der Waals surface area contributed by atoms with Crippen LogP contribution in [0.5, 0.6) is 0 Å². The summed E-state index contributed by atoms with van der Waals surface area (Å²) in [5.41, 5.74) is 0. The minimum absolute atomic E-state index is 0.0275. The summed E-state index contributed by atoms with van der Waals surface area (Å²) in [4.78, 5) is 46.6. The summed E-state index contributed by atoms with van der Waals surface area (Å²) in [5, 5.41) is 37.8.